The van der Waals surface area contributed by atoms with Crippen LogP contribution in [0, 0.1) is 21.7 Å². The predicted molar refractivity (Wildman–Crippen MR) is 48.1 cm³/mol. The first-order chi connectivity index (χ1) is 6.97. The van der Waals surface area contributed by atoms with Gasteiger partial charge < -0.3 is 0 Å². The minimum absolute atomic E-state index is 0.356. The Bertz CT molecular complexity index is 436. The third-order valence-electron chi connectivity index (χ3n) is 1.66. The van der Waals surface area contributed by atoms with E-state index in [4.69, 9.17) is 11.6 Å². The molecule has 0 heterocycles. The van der Waals surface area contributed by atoms with Crippen molar-refractivity contribution in [3.8, 4) is 0 Å². The number of rotatable bonds is 3. The lowest BCUT2D eigenvalue weighted by Gasteiger charge is -2.00. The number of carbonyl (C=O) groups excluding carboxylic acids is 1. The number of benzene rings is 1. The smallest absolute Gasteiger partial charge is 0.283 e. The summed E-state index contributed by atoms with van der Waals surface area (Å²) in [6.45, 7) is 0. The SMILES string of the molecule is O=C(CCl)c1cc(F)c(F)cc1[N+](=O)[O-]. The van der Waals surface area contributed by atoms with Crippen molar-refractivity contribution in [2.24, 2.45) is 0 Å². The van der Waals surface area contributed by atoms with Gasteiger partial charge in [-0.15, -0.1) is 11.6 Å². The standard InChI is InChI=1S/C8H4ClF2NO3/c9-3-8(13)4-1-5(10)6(11)2-7(4)12(14)15/h1-2H,3H2. The molecule has 0 amide bonds. The van der Waals surface area contributed by atoms with Crippen LogP contribution in [0.2, 0.25) is 0 Å². The summed E-state index contributed by atoms with van der Waals surface area (Å²) in [5.74, 6) is -4.07. The summed E-state index contributed by atoms with van der Waals surface area (Å²) in [5, 5.41) is 10.4. The number of Topliss-reactive ketones (excluding diaryl/α,β-unsaturated/α-hetero) is 1. The van der Waals surface area contributed by atoms with E-state index in [2.05, 4.69) is 0 Å². The van der Waals surface area contributed by atoms with Crippen LogP contribution in [-0.2, 0) is 0 Å². The van der Waals surface area contributed by atoms with Crippen LogP contribution in [0.15, 0.2) is 12.1 Å². The zero-order valence-corrected chi connectivity index (χ0v) is 7.92. The monoisotopic (exact) mass is 235 g/mol. The molecule has 0 N–H and O–H groups in total. The highest BCUT2D eigenvalue weighted by atomic mass is 35.5. The molecule has 0 saturated carbocycles. The van der Waals surface area contributed by atoms with Crippen molar-refractivity contribution in [2.75, 3.05) is 5.88 Å². The minimum Gasteiger partial charge on any atom is -0.293 e. The zero-order valence-electron chi connectivity index (χ0n) is 7.17. The fourth-order valence-electron chi connectivity index (χ4n) is 0.983. The predicted octanol–water partition coefficient (Wildman–Crippen LogP) is 2.29. The second-order valence-electron chi connectivity index (χ2n) is 2.60. The van der Waals surface area contributed by atoms with Gasteiger partial charge in [0.05, 0.1) is 22.4 Å². The number of nitro benzene ring substituents is 1. The second kappa shape index (κ2) is 4.31. The molecule has 15 heavy (non-hydrogen) atoms. The average molecular weight is 236 g/mol. The van der Waals surface area contributed by atoms with E-state index in [1.807, 2.05) is 0 Å². The summed E-state index contributed by atoms with van der Waals surface area (Å²) in [5.41, 5.74) is -1.33. The maximum absolute atomic E-state index is 12.7. The van der Waals surface area contributed by atoms with Gasteiger partial charge in [-0.2, -0.15) is 0 Å². The molecule has 0 unspecified atom stereocenters. The number of nitrogens with zero attached hydrogens (tertiary/aromatic N) is 1. The van der Waals surface area contributed by atoms with E-state index in [9.17, 15) is 23.7 Å². The Morgan fingerprint density at radius 3 is 2.40 bits per heavy atom. The Morgan fingerprint density at radius 1 is 1.40 bits per heavy atom. The molecule has 80 valence electrons. The summed E-state index contributed by atoms with van der Waals surface area (Å²) >= 11 is 5.17. The fraction of sp³-hybridized carbons (Fsp3) is 0.125. The number of hydrogen-bond donors (Lipinski definition) is 0. The molecule has 4 nitrogen and oxygen atoms in total. The molecule has 0 aromatic heterocycles. The normalized spacial score (nSPS) is 10.1. The summed E-state index contributed by atoms with van der Waals surface area (Å²) in [6.07, 6.45) is 0. The third kappa shape index (κ3) is 2.27. The lowest BCUT2D eigenvalue weighted by molar-refractivity contribution is -0.385. The highest BCUT2D eigenvalue weighted by Gasteiger charge is 2.22. The Labute approximate surface area is 87.6 Å². The number of carbonyl (C=O) groups is 1. The van der Waals surface area contributed by atoms with E-state index in [0.717, 1.165) is 0 Å². The van der Waals surface area contributed by atoms with E-state index < -0.39 is 39.5 Å². The van der Waals surface area contributed by atoms with Crippen LogP contribution in [0.3, 0.4) is 0 Å². The molecule has 0 bridgehead atoms. The molecule has 0 radical (unpaired) electrons. The molecule has 0 aliphatic carbocycles. The lowest BCUT2D eigenvalue weighted by atomic mass is 10.1. The van der Waals surface area contributed by atoms with Gasteiger partial charge in [0.15, 0.2) is 17.4 Å². The highest BCUT2D eigenvalue weighted by molar-refractivity contribution is 6.31. The Kier molecular flexibility index (Phi) is 3.31. The van der Waals surface area contributed by atoms with Gasteiger partial charge in [0, 0.05) is 0 Å². The van der Waals surface area contributed by atoms with Crippen molar-refractivity contribution >= 4 is 23.1 Å². The van der Waals surface area contributed by atoms with Gasteiger partial charge in [-0.25, -0.2) is 8.78 Å². The van der Waals surface area contributed by atoms with Crippen LogP contribution in [0.5, 0.6) is 0 Å². The van der Waals surface area contributed by atoms with Gasteiger partial charge in [-0.05, 0) is 6.07 Å². The number of nitro groups is 1. The summed E-state index contributed by atoms with van der Waals surface area (Å²) in [6, 6.07) is 0.827. The van der Waals surface area contributed by atoms with Crippen molar-refractivity contribution in [1.82, 2.24) is 0 Å². The summed E-state index contributed by atoms with van der Waals surface area (Å²) in [4.78, 5) is 20.5. The number of alkyl halides is 1. The first-order valence-electron chi connectivity index (χ1n) is 3.70. The van der Waals surface area contributed by atoms with Crippen molar-refractivity contribution in [3.63, 3.8) is 0 Å². The molecule has 0 fully saturated rings. The molecule has 1 aromatic carbocycles. The van der Waals surface area contributed by atoms with Crippen LogP contribution in [0.25, 0.3) is 0 Å². The van der Waals surface area contributed by atoms with Crippen LogP contribution in [0.4, 0.5) is 14.5 Å². The Hall–Kier alpha value is -1.56. The first-order valence-corrected chi connectivity index (χ1v) is 4.23. The van der Waals surface area contributed by atoms with Crippen molar-refractivity contribution in [2.45, 2.75) is 0 Å². The molecule has 0 aliphatic rings. The van der Waals surface area contributed by atoms with Crippen molar-refractivity contribution < 1.29 is 18.5 Å². The maximum atomic E-state index is 12.7. The second-order valence-corrected chi connectivity index (χ2v) is 2.86. The third-order valence-corrected chi connectivity index (χ3v) is 1.90. The topological polar surface area (TPSA) is 60.2 Å². The van der Waals surface area contributed by atoms with Gasteiger partial charge >= 0.3 is 0 Å². The number of ketones is 1. The van der Waals surface area contributed by atoms with Crippen LogP contribution < -0.4 is 0 Å². The zero-order chi connectivity index (χ0) is 11.6. The fourth-order valence-corrected chi connectivity index (χ4v) is 1.13. The molecule has 1 rings (SSSR count). The van der Waals surface area contributed by atoms with Crippen LogP contribution in [0.1, 0.15) is 10.4 Å². The quantitative estimate of drug-likeness (QED) is 0.350. The Balaban J connectivity index is 3.41. The number of hydrogen-bond acceptors (Lipinski definition) is 3. The lowest BCUT2D eigenvalue weighted by Crippen LogP contribution is -2.06. The molecular formula is C8H4ClF2NO3. The first kappa shape index (κ1) is 11.5. The van der Waals surface area contributed by atoms with Crippen LogP contribution in [-0.4, -0.2) is 16.6 Å². The molecule has 7 heteroatoms. The molecular weight excluding hydrogens is 232 g/mol. The summed E-state index contributed by atoms with van der Waals surface area (Å²) < 4.78 is 25.4. The number of halogens is 3. The highest BCUT2D eigenvalue weighted by Crippen LogP contribution is 2.22. The van der Waals surface area contributed by atoms with E-state index >= 15 is 0 Å². The Morgan fingerprint density at radius 2 is 1.93 bits per heavy atom. The molecule has 1 aromatic rings. The molecule has 0 saturated heterocycles. The molecule has 0 spiro atoms. The largest absolute Gasteiger partial charge is 0.293 e. The van der Waals surface area contributed by atoms with E-state index in [-0.39, 0.29) is 0 Å². The van der Waals surface area contributed by atoms with E-state index in [0.29, 0.717) is 12.1 Å². The van der Waals surface area contributed by atoms with E-state index in [1.165, 1.54) is 0 Å². The van der Waals surface area contributed by atoms with Gasteiger partial charge in [0.2, 0.25) is 0 Å². The van der Waals surface area contributed by atoms with Gasteiger partial charge in [0.1, 0.15) is 0 Å². The average Bonchev–Trinajstić information content (AvgIpc) is 2.20. The van der Waals surface area contributed by atoms with Gasteiger partial charge in [-0.3, -0.25) is 14.9 Å². The summed E-state index contributed by atoms with van der Waals surface area (Å²) in [7, 11) is 0. The van der Waals surface area contributed by atoms with Gasteiger partial charge in [-0.1, -0.05) is 0 Å². The van der Waals surface area contributed by atoms with Crippen molar-refractivity contribution in [3.05, 3.63) is 39.4 Å². The van der Waals surface area contributed by atoms with Crippen LogP contribution >= 0.6 is 11.6 Å². The molecule has 0 aliphatic heterocycles. The maximum Gasteiger partial charge on any atom is 0.283 e. The van der Waals surface area contributed by atoms with Crippen molar-refractivity contribution in [1.29, 1.82) is 0 Å². The molecule has 0 atom stereocenters. The van der Waals surface area contributed by atoms with Gasteiger partial charge in [0.25, 0.3) is 5.69 Å². The minimum atomic E-state index is -1.38. The van der Waals surface area contributed by atoms with E-state index in [1.54, 1.807) is 0 Å².